The van der Waals surface area contributed by atoms with Gasteiger partial charge in [-0.05, 0) is 61.4 Å². The summed E-state index contributed by atoms with van der Waals surface area (Å²) >= 11 is 0. The molecule has 1 aromatic carbocycles. The lowest BCUT2D eigenvalue weighted by Gasteiger charge is -2.36. The van der Waals surface area contributed by atoms with Crippen LogP contribution < -0.4 is 0 Å². The number of hydrogen-bond acceptors (Lipinski definition) is 4. The molecule has 1 N–H and O–H groups in total. The van der Waals surface area contributed by atoms with Crippen molar-refractivity contribution < 1.29 is 5.11 Å². The Morgan fingerprint density at radius 2 is 1.78 bits per heavy atom. The van der Waals surface area contributed by atoms with E-state index in [9.17, 15) is 5.11 Å². The zero-order chi connectivity index (χ0) is 18.4. The molecule has 2 fully saturated rings. The van der Waals surface area contributed by atoms with Gasteiger partial charge < -0.3 is 9.67 Å². The molecular weight excluding hydrogens is 336 g/mol. The zero-order valence-electron chi connectivity index (χ0n) is 15.7. The maximum atomic E-state index is 11.0. The predicted octanol–water partition coefficient (Wildman–Crippen LogP) is 3.18. The van der Waals surface area contributed by atoms with Crippen molar-refractivity contribution in [2.45, 2.75) is 38.5 Å². The van der Waals surface area contributed by atoms with Crippen molar-refractivity contribution in [3.63, 3.8) is 0 Å². The SMILES string of the molecule is Cc1nc2ccccc2n1[C@H]1C[C@H]2CN(Cc3ccncc3)C[C@H]2C[C@@H]1O. The zero-order valence-corrected chi connectivity index (χ0v) is 15.7. The van der Waals surface area contributed by atoms with Crippen LogP contribution in [0.5, 0.6) is 0 Å². The van der Waals surface area contributed by atoms with Gasteiger partial charge in [-0.2, -0.15) is 0 Å². The van der Waals surface area contributed by atoms with E-state index in [2.05, 4.69) is 51.7 Å². The molecule has 27 heavy (non-hydrogen) atoms. The number of aromatic nitrogens is 3. The number of likely N-dealkylation sites (tertiary alicyclic amines) is 1. The number of imidazole rings is 1. The lowest BCUT2D eigenvalue weighted by molar-refractivity contribution is 0.0366. The van der Waals surface area contributed by atoms with Gasteiger partial charge >= 0.3 is 0 Å². The Hall–Kier alpha value is -2.24. The van der Waals surface area contributed by atoms with Crippen LogP contribution >= 0.6 is 0 Å². The quantitative estimate of drug-likeness (QED) is 0.777. The van der Waals surface area contributed by atoms with Gasteiger partial charge in [-0.15, -0.1) is 0 Å². The summed E-state index contributed by atoms with van der Waals surface area (Å²) in [5, 5.41) is 11.0. The van der Waals surface area contributed by atoms with Gasteiger partial charge in [0.15, 0.2) is 0 Å². The fourth-order valence-corrected chi connectivity index (χ4v) is 5.24. The molecule has 0 spiro atoms. The fourth-order valence-electron chi connectivity index (χ4n) is 5.24. The summed E-state index contributed by atoms with van der Waals surface area (Å²) in [6.07, 6.45) is 5.34. The highest BCUT2D eigenvalue weighted by Gasteiger charge is 2.42. The summed E-state index contributed by atoms with van der Waals surface area (Å²) in [5.41, 5.74) is 3.48. The van der Waals surface area contributed by atoms with E-state index in [1.807, 2.05) is 18.5 Å². The minimum atomic E-state index is -0.302. The lowest BCUT2D eigenvalue weighted by atomic mass is 9.77. The second kappa shape index (κ2) is 6.73. The number of aliphatic hydroxyl groups is 1. The van der Waals surface area contributed by atoms with Crippen LogP contribution in [0.1, 0.15) is 30.3 Å². The molecule has 3 aromatic rings. The van der Waals surface area contributed by atoms with Crippen molar-refractivity contribution in [3.8, 4) is 0 Å². The smallest absolute Gasteiger partial charge is 0.107 e. The molecule has 5 heteroatoms. The van der Waals surface area contributed by atoms with Crippen LogP contribution in [0.3, 0.4) is 0 Å². The normalized spacial score (nSPS) is 28.5. The Balaban J connectivity index is 1.37. The van der Waals surface area contributed by atoms with E-state index in [0.29, 0.717) is 11.8 Å². The number of rotatable bonds is 3. The number of hydrogen-bond donors (Lipinski definition) is 1. The minimum Gasteiger partial charge on any atom is -0.391 e. The molecule has 0 amide bonds. The van der Waals surface area contributed by atoms with Gasteiger partial charge in [-0.25, -0.2) is 4.98 Å². The summed E-state index contributed by atoms with van der Waals surface area (Å²) < 4.78 is 2.28. The molecule has 5 rings (SSSR count). The Morgan fingerprint density at radius 3 is 2.59 bits per heavy atom. The standard InChI is InChI=1S/C22H26N4O/c1-15-24-19-4-2-3-5-20(19)26(15)21-10-17-13-25(14-18(17)11-22(21)27)12-16-6-8-23-9-7-16/h2-9,17-18,21-22,27H,10-14H2,1H3/t17-,18+,21-,22-/m0/s1. The summed E-state index contributed by atoms with van der Waals surface area (Å²) in [5.74, 6) is 2.24. The molecule has 1 aliphatic heterocycles. The number of para-hydroxylation sites is 2. The number of aliphatic hydroxyl groups excluding tert-OH is 1. The second-order valence-electron chi connectivity index (χ2n) is 8.19. The van der Waals surface area contributed by atoms with Gasteiger partial charge in [0, 0.05) is 32.0 Å². The first-order chi connectivity index (χ1) is 13.2. The van der Waals surface area contributed by atoms with Crippen molar-refractivity contribution in [1.82, 2.24) is 19.4 Å². The minimum absolute atomic E-state index is 0.125. The first kappa shape index (κ1) is 16.9. The average Bonchev–Trinajstić information content (AvgIpc) is 3.20. The van der Waals surface area contributed by atoms with E-state index in [4.69, 9.17) is 4.98 Å². The first-order valence-electron chi connectivity index (χ1n) is 9.92. The third-order valence-corrected chi connectivity index (χ3v) is 6.44. The van der Waals surface area contributed by atoms with Crippen LogP contribution in [0.4, 0.5) is 0 Å². The van der Waals surface area contributed by atoms with E-state index in [-0.39, 0.29) is 12.1 Å². The monoisotopic (exact) mass is 362 g/mol. The van der Waals surface area contributed by atoms with Crippen molar-refractivity contribution in [1.29, 1.82) is 0 Å². The van der Waals surface area contributed by atoms with E-state index in [1.165, 1.54) is 5.56 Å². The van der Waals surface area contributed by atoms with Crippen LogP contribution in [-0.4, -0.2) is 43.7 Å². The van der Waals surface area contributed by atoms with Crippen LogP contribution in [-0.2, 0) is 6.54 Å². The molecule has 3 heterocycles. The van der Waals surface area contributed by atoms with Gasteiger partial charge in [0.05, 0.1) is 23.2 Å². The number of pyridine rings is 1. The van der Waals surface area contributed by atoms with Crippen molar-refractivity contribution in [2.24, 2.45) is 11.8 Å². The first-order valence-corrected chi connectivity index (χ1v) is 9.92. The summed E-state index contributed by atoms with van der Waals surface area (Å²) in [4.78, 5) is 11.4. The number of benzene rings is 1. The Labute approximate surface area is 159 Å². The number of aryl methyl sites for hydroxylation is 1. The van der Waals surface area contributed by atoms with Crippen molar-refractivity contribution >= 4 is 11.0 Å². The highest BCUT2D eigenvalue weighted by molar-refractivity contribution is 5.76. The molecule has 0 unspecified atom stereocenters. The second-order valence-corrected chi connectivity index (χ2v) is 8.19. The molecule has 0 radical (unpaired) electrons. The predicted molar refractivity (Wildman–Crippen MR) is 105 cm³/mol. The molecule has 5 nitrogen and oxygen atoms in total. The Morgan fingerprint density at radius 1 is 1.04 bits per heavy atom. The molecule has 2 aromatic heterocycles. The Bertz CT molecular complexity index is 938. The van der Waals surface area contributed by atoms with Crippen LogP contribution in [0.25, 0.3) is 11.0 Å². The molecular formula is C22H26N4O. The molecule has 1 saturated carbocycles. The lowest BCUT2D eigenvalue weighted by Crippen LogP contribution is -2.36. The highest BCUT2D eigenvalue weighted by atomic mass is 16.3. The summed E-state index contributed by atoms with van der Waals surface area (Å²) in [7, 11) is 0. The largest absolute Gasteiger partial charge is 0.391 e. The van der Waals surface area contributed by atoms with E-state index in [1.54, 1.807) is 0 Å². The van der Waals surface area contributed by atoms with E-state index in [0.717, 1.165) is 49.3 Å². The van der Waals surface area contributed by atoms with Gasteiger partial charge in [0.2, 0.25) is 0 Å². The summed E-state index contributed by atoms with van der Waals surface area (Å²) in [6, 6.07) is 12.6. The van der Waals surface area contributed by atoms with Gasteiger partial charge in [-0.3, -0.25) is 9.88 Å². The van der Waals surface area contributed by atoms with Crippen molar-refractivity contribution in [2.75, 3.05) is 13.1 Å². The number of fused-ring (bicyclic) bond motifs is 2. The van der Waals surface area contributed by atoms with Crippen LogP contribution in [0.15, 0.2) is 48.8 Å². The van der Waals surface area contributed by atoms with Crippen LogP contribution in [0.2, 0.25) is 0 Å². The van der Waals surface area contributed by atoms with E-state index < -0.39 is 0 Å². The highest BCUT2D eigenvalue weighted by Crippen LogP contribution is 2.43. The van der Waals surface area contributed by atoms with E-state index >= 15 is 0 Å². The molecule has 1 aliphatic carbocycles. The molecule has 2 aliphatic rings. The Kier molecular flexibility index (Phi) is 4.21. The van der Waals surface area contributed by atoms with Crippen LogP contribution in [0, 0.1) is 18.8 Å². The van der Waals surface area contributed by atoms with Crippen molar-refractivity contribution in [3.05, 3.63) is 60.2 Å². The topological polar surface area (TPSA) is 54.2 Å². The van der Waals surface area contributed by atoms with Gasteiger partial charge in [0.25, 0.3) is 0 Å². The van der Waals surface area contributed by atoms with Gasteiger partial charge in [0.1, 0.15) is 5.82 Å². The molecule has 1 saturated heterocycles. The molecule has 0 bridgehead atoms. The van der Waals surface area contributed by atoms with Gasteiger partial charge in [-0.1, -0.05) is 12.1 Å². The maximum Gasteiger partial charge on any atom is 0.107 e. The third kappa shape index (κ3) is 3.05. The molecule has 4 atom stereocenters. The summed E-state index contributed by atoms with van der Waals surface area (Å²) in [6.45, 7) is 5.23. The fraction of sp³-hybridized carbons (Fsp3) is 0.455. The number of nitrogens with zero attached hydrogens (tertiary/aromatic N) is 4. The third-order valence-electron chi connectivity index (χ3n) is 6.44. The maximum absolute atomic E-state index is 11.0. The molecule has 140 valence electrons. The average molecular weight is 362 g/mol.